The number of fused-ring (bicyclic) bond motifs is 1. The average molecular weight is 417 g/mol. The molecule has 3 rings (SSSR count). The summed E-state index contributed by atoms with van der Waals surface area (Å²) in [4.78, 5) is 17.0. The van der Waals surface area contributed by atoms with Gasteiger partial charge in [0, 0.05) is 17.7 Å². The number of hydrogen-bond acceptors (Lipinski definition) is 6. The Labute approximate surface area is 175 Å². The van der Waals surface area contributed by atoms with Crippen LogP contribution in [0.3, 0.4) is 0 Å². The van der Waals surface area contributed by atoms with E-state index in [9.17, 15) is 14.3 Å². The van der Waals surface area contributed by atoms with Gasteiger partial charge in [-0.3, -0.25) is 0 Å². The molecule has 0 saturated carbocycles. The second-order valence-corrected chi connectivity index (χ2v) is 8.97. The molecule has 0 aliphatic carbocycles. The zero-order valence-electron chi connectivity index (χ0n) is 17.9. The molecule has 2 atom stereocenters. The van der Waals surface area contributed by atoms with Crippen molar-refractivity contribution in [2.75, 3.05) is 13.2 Å². The lowest BCUT2D eigenvalue weighted by molar-refractivity contribution is 0.0446. The fraction of sp³-hybridized carbons (Fsp3) is 0.455. The van der Waals surface area contributed by atoms with E-state index < -0.39 is 22.8 Å². The molecule has 162 valence electrons. The molecule has 7 nitrogen and oxygen atoms in total. The Morgan fingerprint density at radius 1 is 1.33 bits per heavy atom. The van der Waals surface area contributed by atoms with Gasteiger partial charge in [0.1, 0.15) is 34.9 Å². The number of hydrogen-bond donors (Lipinski definition) is 3. The van der Waals surface area contributed by atoms with E-state index in [-0.39, 0.29) is 19.0 Å². The number of aromatic nitrogens is 1. The number of halogens is 1. The number of amides is 1. The molecule has 30 heavy (non-hydrogen) atoms. The molecule has 2 aromatic rings. The molecule has 4 N–H and O–H groups in total. The summed E-state index contributed by atoms with van der Waals surface area (Å²) in [5.74, 6) is 0.0783. The Balaban J connectivity index is 2.11. The Morgan fingerprint density at radius 2 is 1.97 bits per heavy atom. The summed E-state index contributed by atoms with van der Waals surface area (Å²) in [6.07, 6.45) is -0.589. The minimum Gasteiger partial charge on any atom is -0.488 e. The lowest BCUT2D eigenvalue weighted by Crippen LogP contribution is -2.47. The highest BCUT2D eigenvalue weighted by molar-refractivity contribution is 5.74. The van der Waals surface area contributed by atoms with Crippen molar-refractivity contribution in [2.45, 2.75) is 51.4 Å². The van der Waals surface area contributed by atoms with Crippen molar-refractivity contribution in [3.05, 3.63) is 47.4 Å². The van der Waals surface area contributed by atoms with E-state index in [2.05, 4.69) is 10.3 Å². The molecular formula is C22H28FN3O4. The van der Waals surface area contributed by atoms with Crippen LogP contribution >= 0.6 is 0 Å². The molecule has 1 aliphatic rings. The van der Waals surface area contributed by atoms with Gasteiger partial charge >= 0.3 is 6.09 Å². The SMILES string of the molecule is CC(C)(C)OC(=O)N[C@@]1(C)COc2c1cc([C@@](C)(O)CN)nc2-c1ccc(F)cc1. The molecule has 0 spiro atoms. The Bertz CT molecular complexity index is 954. The van der Waals surface area contributed by atoms with E-state index in [1.54, 1.807) is 52.8 Å². The zero-order valence-corrected chi connectivity index (χ0v) is 17.9. The number of benzene rings is 1. The van der Waals surface area contributed by atoms with Crippen LogP contribution in [0.4, 0.5) is 9.18 Å². The van der Waals surface area contributed by atoms with Gasteiger partial charge in [0.2, 0.25) is 0 Å². The number of carbonyl (C=O) groups excluding carboxylic acids is 1. The van der Waals surface area contributed by atoms with Crippen LogP contribution in [-0.4, -0.2) is 34.9 Å². The molecule has 1 amide bonds. The Morgan fingerprint density at radius 3 is 2.53 bits per heavy atom. The van der Waals surface area contributed by atoms with Gasteiger partial charge in [-0.1, -0.05) is 0 Å². The van der Waals surface area contributed by atoms with E-state index in [1.807, 2.05) is 0 Å². The highest BCUT2D eigenvalue weighted by atomic mass is 19.1. The van der Waals surface area contributed by atoms with E-state index >= 15 is 0 Å². The molecule has 1 aromatic carbocycles. The monoisotopic (exact) mass is 417 g/mol. The van der Waals surface area contributed by atoms with E-state index in [0.717, 1.165) is 0 Å². The largest absolute Gasteiger partial charge is 0.488 e. The predicted molar refractivity (Wildman–Crippen MR) is 110 cm³/mol. The van der Waals surface area contributed by atoms with Crippen LogP contribution in [0.15, 0.2) is 30.3 Å². The van der Waals surface area contributed by atoms with Crippen LogP contribution in [0.25, 0.3) is 11.3 Å². The van der Waals surface area contributed by atoms with Crippen molar-refractivity contribution in [3.63, 3.8) is 0 Å². The van der Waals surface area contributed by atoms with Gasteiger partial charge in [-0.25, -0.2) is 14.2 Å². The first-order valence-corrected chi connectivity index (χ1v) is 9.73. The first-order chi connectivity index (χ1) is 13.8. The van der Waals surface area contributed by atoms with E-state index in [4.69, 9.17) is 15.2 Å². The third-order valence-electron chi connectivity index (χ3n) is 4.92. The first-order valence-electron chi connectivity index (χ1n) is 9.73. The van der Waals surface area contributed by atoms with E-state index in [0.29, 0.717) is 28.3 Å². The number of pyridine rings is 1. The van der Waals surface area contributed by atoms with Crippen molar-refractivity contribution < 1.29 is 23.8 Å². The smallest absolute Gasteiger partial charge is 0.408 e. The lowest BCUT2D eigenvalue weighted by Gasteiger charge is -2.28. The third kappa shape index (κ3) is 4.39. The molecule has 8 heteroatoms. The number of nitrogens with two attached hydrogens (primary N) is 1. The van der Waals surface area contributed by atoms with Crippen LogP contribution < -0.4 is 15.8 Å². The quantitative estimate of drug-likeness (QED) is 0.705. The molecule has 0 fully saturated rings. The molecule has 0 saturated heterocycles. The predicted octanol–water partition coefficient (Wildman–Crippen LogP) is 3.19. The van der Waals surface area contributed by atoms with Crippen molar-refractivity contribution in [2.24, 2.45) is 5.73 Å². The topological polar surface area (TPSA) is 107 Å². The summed E-state index contributed by atoms with van der Waals surface area (Å²) in [6.45, 7) is 8.79. The summed E-state index contributed by atoms with van der Waals surface area (Å²) in [5.41, 5.74) is 4.77. The number of nitrogens with one attached hydrogen (secondary N) is 1. The highest BCUT2D eigenvalue weighted by Crippen LogP contribution is 2.44. The lowest BCUT2D eigenvalue weighted by atomic mass is 9.90. The number of alkyl carbamates (subject to hydrolysis) is 1. The number of rotatable bonds is 4. The van der Waals surface area contributed by atoms with Crippen LogP contribution in [0, 0.1) is 5.82 Å². The maximum atomic E-state index is 13.4. The summed E-state index contributed by atoms with van der Waals surface area (Å²) < 4.78 is 24.7. The van der Waals surface area contributed by atoms with Gasteiger partial charge < -0.3 is 25.6 Å². The third-order valence-corrected chi connectivity index (χ3v) is 4.92. The molecule has 1 aromatic heterocycles. The van der Waals surface area contributed by atoms with Gasteiger partial charge in [-0.2, -0.15) is 0 Å². The van der Waals surface area contributed by atoms with Crippen LogP contribution in [0.2, 0.25) is 0 Å². The van der Waals surface area contributed by atoms with Gasteiger partial charge in [0.05, 0.1) is 5.69 Å². The van der Waals surface area contributed by atoms with Crippen molar-refractivity contribution in [1.82, 2.24) is 10.3 Å². The number of nitrogens with zero attached hydrogens (tertiary/aromatic N) is 1. The number of carbonyl (C=O) groups is 1. The van der Waals surface area contributed by atoms with Crippen LogP contribution in [0.5, 0.6) is 5.75 Å². The van der Waals surface area contributed by atoms with Crippen molar-refractivity contribution in [3.8, 4) is 17.0 Å². The molecule has 1 aliphatic heterocycles. The van der Waals surface area contributed by atoms with Crippen molar-refractivity contribution >= 4 is 6.09 Å². The van der Waals surface area contributed by atoms with Gasteiger partial charge in [0.25, 0.3) is 0 Å². The zero-order chi connectivity index (χ0) is 22.3. The summed E-state index contributed by atoms with van der Waals surface area (Å²) in [6, 6.07) is 7.49. The van der Waals surface area contributed by atoms with Crippen LogP contribution in [0.1, 0.15) is 45.9 Å². The first kappa shape index (κ1) is 22.0. The summed E-state index contributed by atoms with van der Waals surface area (Å²) >= 11 is 0. The molecule has 2 heterocycles. The number of aliphatic hydroxyl groups is 1. The highest BCUT2D eigenvalue weighted by Gasteiger charge is 2.42. The fourth-order valence-electron chi connectivity index (χ4n) is 3.20. The second kappa shape index (κ2) is 7.52. The van der Waals surface area contributed by atoms with Crippen LogP contribution in [-0.2, 0) is 15.9 Å². The molecule has 0 unspecified atom stereocenters. The maximum Gasteiger partial charge on any atom is 0.408 e. The minimum absolute atomic E-state index is 0.0568. The summed E-state index contributed by atoms with van der Waals surface area (Å²) in [5, 5.41) is 13.6. The maximum absolute atomic E-state index is 13.4. The molecular weight excluding hydrogens is 389 g/mol. The van der Waals surface area contributed by atoms with Crippen molar-refractivity contribution in [1.29, 1.82) is 0 Å². The van der Waals surface area contributed by atoms with Gasteiger partial charge in [0.15, 0.2) is 5.75 Å². The Hall–Kier alpha value is -2.71. The second-order valence-electron chi connectivity index (χ2n) is 8.97. The summed E-state index contributed by atoms with van der Waals surface area (Å²) in [7, 11) is 0. The normalized spacial score (nSPS) is 20.1. The minimum atomic E-state index is -1.40. The van der Waals surface area contributed by atoms with E-state index in [1.165, 1.54) is 12.1 Å². The average Bonchev–Trinajstić information content (AvgIpc) is 2.96. The standard InChI is InChI=1S/C22H28FN3O4/c1-20(2,3)30-19(27)26-21(4)12-29-18-15(21)10-16(22(5,28)11-24)25-17(18)13-6-8-14(23)9-7-13/h6-10,28H,11-12,24H2,1-5H3,(H,26,27)/t21-,22-/m0/s1. The van der Waals surface area contributed by atoms with Gasteiger partial charge in [-0.05, 0) is 65.0 Å². The molecule has 0 bridgehead atoms. The molecule has 0 radical (unpaired) electrons. The number of ether oxygens (including phenoxy) is 2. The van der Waals surface area contributed by atoms with Gasteiger partial charge in [-0.15, -0.1) is 0 Å². The Kier molecular flexibility index (Phi) is 5.51. The fourth-order valence-corrected chi connectivity index (χ4v) is 3.20.